The summed E-state index contributed by atoms with van der Waals surface area (Å²) in [6.45, 7) is 6.70. The Morgan fingerprint density at radius 3 is 1.22 bits per heavy atom. The minimum absolute atomic E-state index is 0.0134. The molecule has 108 valence electrons. The monoisotopic (exact) mass is 254 g/mol. The van der Waals surface area contributed by atoms with Crippen molar-refractivity contribution in [3.63, 3.8) is 0 Å². The predicted octanol–water partition coefficient (Wildman–Crippen LogP) is 5.91. The second-order valence-corrected chi connectivity index (χ2v) is 5.85. The second-order valence-electron chi connectivity index (χ2n) is 5.85. The van der Waals surface area contributed by atoms with E-state index in [4.69, 9.17) is 0 Å². The molecule has 0 unspecified atom stereocenters. The molecular weight excluding hydrogens is 220 g/mol. The molecule has 0 aromatic carbocycles. The first-order valence-corrected chi connectivity index (χ1v) is 8.21. The van der Waals surface area contributed by atoms with E-state index in [1.54, 1.807) is 0 Å². The van der Waals surface area contributed by atoms with Crippen LogP contribution >= 0.6 is 0 Å². The van der Waals surface area contributed by atoms with Gasteiger partial charge in [-0.1, -0.05) is 78.6 Å². The van der Waals surface area contributed by atoms with Crippen LogP contribution in [0.1, 0.15) is 97.8 Å². The zero-order valence-corrected chi connectivity index (χ0v) is 13.0. The number of hydrogen-bond donors (Lipinski definition) is 0. The molecule has 0 N–H and O–H groups in total. The highest BCUT2D eigenvalue weighted by molar-refractivity contribution is 5.59. The molecular formula is C17H34O. The van der Waals surface area contributed by atoms with Crippen molar-refractivity contribution in [3.05, 3.63) is 0 Å². The molecule has 18 heavy (non-hydrogen) atoms. The van der Waals surface area contributed by atoms with Crippen molar-refractivity contribution in [1.82, 2.24) is 0 Å². The summed E-state index contributed by atoms with van der Waals surface area (Å²) >= 11 is 0. The molecule has 0 aliphatic carbocycles. The average molecular weight is 254 g/mol. The van der Waals surface area contributed by atoms with Crippen LogP contribution in [0.4, 0.5) is 0 Å². The van der Waals surface area contributed by atoms with Crippen molar-refractivity contribution in [3.8, 4) is 0 Å². The van der Waals surface area contributed by atoms with Crippen LogP contribution in [0.15, 0.2) is 0 Å². The topological polar surface area (TPSA) is 17.1 Å². The summed E-state index contributed by atoms with van der Waals surface area (Å²) < 4.78 is 0. The number of carbonyl (C=O) groups is 1. The van der Waals surface area contributed by atoms with E-state index in [0.717, 1.165) is 19.3 Å². The van der Waals surface area contributed by atoms with Crippen molar-refractivity contribution >= 4 is 6.29 Å². The van der Waals surface area contributed by atoms with Crippen molar-refractivity contribution in [2.45, 2.75) is 97.8 Å². The quantitative estimate of drug-likeness (QED) is 0.295. The van der Waals surface area contributed by atoms with Crippen molar-refractivity contribution < 1.29 is 4.79 Å². The smallest absolute Gasteiger partial charge is 0.126 e. The van der Waals surface area contributed by atoms with Gasteiger partial charge in [-0.25, -0.2) is 0 Å². The Balaban J connectivity index is 4.25. The largest absolute Gasteiger partial charge is 0.303 e. The first-order chi connectivity index (χ1) is 8.74. The normalized spacial score (nSPS) is 11.7. The SMILES string of the molecule is CCCCCC(C=O)(CCCCC)CCCCC. The van der Waals surface area contributed by atoms with Crippen LogP contribution in [0.5, 0.6) is 0 Å². The third kappa shape index (κ3) is 7.89. The highest BCUT2D eigenvalue weighted by Gasteiger charge is 2.27. The number of hydrogen-bond acceptors (Lipinski definition) is 1. The van der Waals surface area contributed by atoms with E-state index < -0.39 is 0 Å². The van der Waals surface area contributed by atoms with Crippen LogP contribution in [-0.2, 0) is 4.79 Å². The highest BCUT2D eigenvalue weighted by atomic mass is 16.1. The molecule has 0 aromatic heterocycles. The molecule has 0 fully saturated rings. The molecule has 0 saturated heterocycles. The molecule has 0 bridgehead atoms. The molecule has 0 amide bonds. The maximum atomic E-state index is 11.6. The van der Waals surface area contributed by atoms with Crippen LogP contribution in [0, 0.1) is 5.41 Å². The fourth-order valence-electron chi connectivity index (χ4n) is 2.73. The first kappa shape index (κ1) is 17.7. The summed E-state index contributed by atoms with van der Waals surface area (Å²) in [6.07, 6.45) is 15.9. The Hall–Kier alpha value is -0.330. The minimum atomic E-state index is 0.0134. The minimum Gasteiger partial charge on any atom is -0.303 e. The molecule has 0 rings (SSSR count). The maximum absolute atomic E-state index is 11.6. The van der Waals surface area contributed by atoms with Gasteiger partial charge in [0, 0.05) is 5.41 Å². The van der Waals surface area contributed by atoms with E-state index in [1.807, 2.05) is 0 Å². The van der Waals surface area contributed by atoms with Crippen molar-refractivity contribution in [2.75, 3.05) is 0 Å². The summed E-state index contributed by atoms with van der Waals surface area (Å²) in [7, 11) is 0. The van der Waals surface area contributed by atoms with E-state index >= 15 is 0 Å². The van der Waals surface area contributed by atoms with Gasteiger partial charge in [0.15, 0.2) is 0 Å². The van der Waals surface area contributed by atoms with Gasteiger partial charge in [-0.05, 0) is 19.3 Å². The fourth-order valence-corrected chi connectivity index (χ4v) is 2.73. The molecule has 0 aliphatic heterocycles. The number of aldehydes is 1. The Morgan fingerprint density at radius 2 is 1.00 bits per heavy atom. The lowest BCUT2D eigenvalue weighted by atomic mass is 9.75. The van der Waals surface area contributed by atoms with Crippen LogP contribution in [-0.4, -0.2) is 6.29 Å². The first-order valence-electron chi connectivity index (χ1n) is 8.21. The van der Waals surface area contributed by atoms with Crippen LogP contribution < -0.4 is 0 Å². The highest BCUT2D eigenvalue weighted by Crippen LogP contribution is 2.35. The van der Waals surface area contributed by atoms with Crippen LogP contribution in [0.2, 0.25) is 0 Å². The lowest BCUT2D eigenvalue weighted by Crippen LogP contribution is -2.23. The summed E-state index contributed by atoms with van der Waals surface area (Å²) in [6, 6.07) is 0. The Kier molecular flexibility index (Phi) is 11.5. The van der Waals surface area contributed by atoms with Gasteiger partial charge in [0.1, 0.15) is 6.29 Å². The van der Waals surface area contributed by atoms with E-state index in [0.29, 0.717) is 0 Å². The fraction of sp³-hybridized carbons (Fsp3) is 0.941. The number of rotatable bonds is 13. The van der Waals surface area contributed by atoms with E-state index in [1.165, 1.54) is 64.1 Å². The molecule has 0 saturated carbocycles. The summed E-state index contributed by atoms with van der Waals surface area (Å²) in [5, 5.41) is 0. The second kappa shape index (κ2) is 11.7. The van der Waals surface area contributed by atoms with Crippen molar-refractivity contribution in [2.24, 2.45) is 5.41 Å². The van der Waals surface area contributed by atoms with Gasteiger partial charge in [0.2, 0.25) is 0 Å². The number of unbranched alkanes of at least 4 members (excludes halogenated alkanes) is 6. The molecule has 0 aliphatic rings. The Morgan fingerprint density at radius 1 is 0.667 bits per heavy atom. The van der Waals surface area contributed by atoms with E-state index in [9.17, 15) is 4.79 Å². The zero-order chi connectivity index (χ0) is 13.7. The Labute approximate surface area is 115 Å². The third-order valence-electron chi connectivity index (χ3n) is 4.08. The van der Waals surface area contributed by atoms with Gasteiger partial charge in [-0.3, -0.25) is 0 Å². The lowest BCUT2D eigenvalue weighted by Gasteiger charge is -2.28. The van der Waals surface area contributed by atoms with Gasteiger partial charge in [-0.15, -0.1) is 0 Å². The standard InChI is InChI=1S/C17H34O/c1-4-7-10-13-17(16-18,14-11-8-5-2)15-12-9-6-3/h16H,4-15H2,1-3H3. The lowest BCUT2D eigenvalue weighted by molar-refractivity contribution is -0.117. The van der Waals surface area contributed by atoms with Gasteiger partial charge < -0.3 is 4.79 Å². The van der Waals surface area contributed by atoms with E-state index in [-0.39, 0.29) is 5.41 Å². The number of carbonyl (C=O) groups excluding carboxylic acids is 1. The van der Waals surface area contributed by atoms with Crippen LogP contribution in [0.3, 0.4) is 0 Å². The predicted molar refractivity (Wildman–Crippen MR) is 80.9 cm³/mol. The molecule has 0 atom stereocenters. The molecule has 0 radical (unpaired) electrons. The van der Waals surface area contributed by atoms with Gasteiger partial charge in [0.05, 0.1) is 0 Å². The van der Waals surface area contributed by atoms with E-state index in [2.05, 4.69) is 20.8 Å². The van der Waals surface area contributed by atoms with Gasteiger partial charge >= 0.3 is 0 Å². The molecule has 0 aromatic rings. The average Bonchev–Trinajstić information content (AvgIpc) is 2.39. The maximum Gasteiger partial charge on any atom is 0.126 e. The molecule has 1 nitrogen and oxygen atoms in total. The molecule has 0 heterocycles. The zero-order valence-electron chi connectivity index (χ0n) is 13.0. The Bertz CT molecular complexity index is 160. The van der Waals surface area contributed by atoms with Crippen molar-refractivity contribution in [1.29, 1.82) is 0 Å². The summed E-state index contributed by atoms with van der Waals surface area (Å²) in [4.78, 5) is 11.6. The summed E-state index contributed by atoms with van der Waals surface area (Å²) in [5.74, 6) is 0. The third-order valence-corrected chi connectivity index (χ3v) is 4.08. The molecule has 0 spiro atoms. The van der Waals surface area contributed by atoms with Crippen LogP contribution in [0.25, 0.3) is 0 Å². The van der Waals surface area contributed by atoms with Gasteiger partial charge in [0.25, 0.3) is 0 Å². The molecule has 1 heteroatoms. The van der Waals surface area contributed by atoms with Gasteiger partial charge in [-0.2, -0.15) is 0 Å². The summed E-state index contributed by atoms with van der Waals surface area (Å²) in [5.41, 5.74) is 0.0134.